The van der Waals surface area contributed by atoms with Gasteiger partial charge >= 0.3 is 0 Å². The highest BCUT2D eigenvalue weighted by Crippen LogP contribution is 2.33. The normalized spacial score (nSPS) is 14.0. The van der Waals surface area contributed by atoms with Crippen molar-refractivity contribution in [3.8, 4) is 17.1 Å². The SMILES string of the molecule is COc1cc2c(cc1S(=O)(=O)N(C)Cc1nc(-c3ccc(Cl)cc3)no1)CCCC2. The van der Waals surface area contributed by atoms with Crippen LogP contribution in [0, 0.1) is 0 Å². The van der Waals surface area contributed by atoms with Crippen LogP contribution in [0.2, 0.25) is 5.02 Å². The summed E-state index contributed by atoms with van der Waals surface area (Å²) in [4.78, 5) is 4.47. The first-order chi connectivity index (χ1) is 14.4. The molecule has 0 radical (unpaired) electrons. The summed E-state index contributed by atoms with van der Waals surface area (Å²) < 4.78 is 38.4. The van der Waals surface area contributed by atoms with Gasteiger partial charge < -0.3 is 9.26 Å². The zero-order valence-corrected chi connectivity index (χ0v) is 18.3. The molecule has 0 fully saturated rings. The van der Waals surface area contributed by atoms with Gasteiger partial charge in [0, 0.05) is 17.6 Å². The number of hydrogen-bond acceptors (Lipinski definition) is 6. The van der Waals surface area contributed by atoms with Crippen molar-refractivity contribution in [3.63, 3.8) is 0 Å². The molecule has 0 saturated heterocycles. The van der Waals surface area contributed by atoms with E-state index in [0.717, 1.165) is 42.4 Å². The van der Waals surface area contributed by atoms with Gasteiger partial charge in [-0.15, -0.1) is 0 Å². The van der Waals surface area contributed by atoms with Crippen LogP contribution in [0.15, 0.2) is 45.8 Å². The molecule has 0 amide bonds. The molecule has 0 N–H and O–H groups in total. The molecular formula is C21H22ClN3O4S. The summed E-state index contributed by atoms with van der Waals surface area (Å²) in [7, 11) is -0.839. The lowest BCUT2D eigenvalue weighted by atomic mass is 9.92. The van der Waals surface area contributed by atoms with Crippen LogP contribution in [0.4, 0.5) is 0 Å². The molecule has 4 rings (SSSR count). The molecule has 0 atom stereocenters. The molecule has 0 saturated carbocycles. The minimum absolute atomic E-state index is 0.0524. The van der Waals surface area contributed by atoms with E-state index in [0.29, 0.717) is 16.6 Å². The lowest BCUT2D eigenvalue weighted by Gasteiger charge is -2.22. The minimum Gasteiger partial charge on any atom is -0.495 e. The van der Waals surface area contributed by atoms with Gasteiger partial charge in [-0.3, -0.25) is 0 Å². The number of aryl methyl sites for hydroxylation is 2. The Balaban J connectivity index is 1.59. The Hall–Kier alpha value is -2.42. The maximum absolute atomic E-state index is 13.3. The fraction of sp³-hybridized carbons (Fsp3) is 0.333. The highest BCUT2D eigenvalue weighted by Gasteiger charge is 2.28. The molecule has 158 valence electrons. The van der Waals surface area contributed by atoms with Crippen molar-refractivity contribution in [3.05, 3.63) is 58.4 Å². The van der Waals surface area contributed by atoms with Crippen molar-refractivity contribution in [2.24, 2.45) is 0 Å². The van der Waals surface area contributed by atoms with Gasteiger partial charge in [-0.2, -0.15) is 9.29 Å². The Morgan fingerprint density at radius 2 is 1.80 bits per heavy atom. The topological polar surface area (TPSA) is 85.5 Å². The van der Waals surface area contributed by atoms with Gasteiger partial charge in [-0.05, 0) is 73.2 Å². The molecule has 7 nitrogen and oxygen atoms in total. The zero-order chi connectivity index (χ0) is 21.3. The first-order valence-corrected chi connectivity index (χ1v) is 11.4. The van der Waals surface area contributed by atoms with Crippen LogP contribution in [0.3, 0.4) is 0 Å². The second-order valence-electron chi connectivity index (χ2n) is 7.26. The minimum atomic E-state index is -3.81. The van der Waals surface area contributed by atoms with Crippen molar-refractivity contribution in [2.45, 2.75) is 37.1 Å². The van der Waals surface area contributed by atoms with Crippen molar-refractivity contribution in [1.82, 2.24) is 14.4 Å². The number of sulfonamides is 1. The summed E-state index contributed by atoms with van der Waals surface area (Å²) in [5.74, 6) is 0.927. The smallest absolute Gasteiger partial charge is 0.246 e. The van der Waals surface area contributed by atoms with E-state index in [1.807, 2.05) is 6.07 Å². The van der Waals surface area contributed by atoms with Crippen LogP contribution in [0.1, 0.15) is 29.9 Å². The number of fused-ring (bicyclic) bond motifs is 1. The molecular weight excluding hydrogens is 426 g/mol. The van der Waals surface area contributed by atoms with Gasteiger partial charge in [0.1, 0.15) is 10.6 Å². The van der Waals surface area contributed by atoms with Crippen LogP contribution in [-0.2, 0) is 29.4 Å². The Bertz CT molecular complexity index is 1160. The second-order valence-corrected chi connectivity index (χ2v) is 9.71. The van der Waals surface area contributed by atoms with Gasteiger partial charge in [0.25, 0.3) is 0 Å². The van der Waals surface area contributed by atoms with E-state index in [1.54, 1.807) is 30.3 Å². The van der Waals surface area contributed by atoms with E-state index in [-0.39, 0.29) is 17.3 Å². The predicted molar refractivity (Wildman–Crippen MR) is 113 cm³/mol. The largest absolute Gasteiger partial charge is 0.495 e. The van der Waals surface area contributed by atoms with Crippen LogP contribution in [0.5, 0.6) is 5.75 Å². The standard InChI is InChI=1S/C21H22ClN3O4S/c1-25(13-20-23-21(24-29-20)14-7-9-17(22)10-8-14)30(26,27)19-12-16-6-4-3-5-15(16)11-18(19)28-2/h7-12H,3-6,13H2,1-2H3. The van der Waals surface area contributed by atoms with Crippen molar-refractivity contribution < 1.29 is 17.7 Å². The van der Waals surface area contributed by atoms with Crippen molar-refractivity contribution >= 4 is 21.6 Å². The van der Waals surface area contributed by atoms with E-state index in [4.69, 9.17) is 20.9 Å². The van der Waals surface area contributed by atoms with E-state index in [9.17, 15) is 8.42 Å². The number of rotatable bonds is 6. The maximum Gasteiger partial charge on any atom is 0.246 e. The van der Waals surface area contributed by atoms with Crippen LogP contribution < -0.4 is 4.74 Å². The van der Waals surface area contributed by atoms with E-state index < -0.39 is 10.0 Å². The van der Waals surface area contributed by atoms with Crippen molar-refractivity contribution in [2.75, 3.05) is 14.2 Å². The van der Waals surface area contributed by atoms with Gasteiger partial charge in [-0.1, -0.05) is 16.8 Å². The van der Waals surface area contributed by atoms with E-state index in [1.165, 1.54) is 18.5 Å². The number of ether oxygens (including phenoxy) is 1. The third-order valence-corrected chi connectivity index (χ3v) is 7.32. The monoisotopic (exact) mass is 447 g/mol. The number of halogens is 1. The highest BCUT2D eigenvalue weighted by atomic mass is 35.5. The molecule has 1 aliphatic carbocycles. The first kappa shape index (κ1) is 20.8. The molecule has 0 bridgehead atoms. The molecule has 1 heterocycles. The maximum atomic E-state index is 13.3. The number of aromatic nitrogens is 2. The second kappa shape index (κ2) is 8.37. The average Bonchev–Trinajstić information content (AvgIpc) is 3.21. The Morgan fingerprint density at radius 1 is 1.13 bits per heavy atom. The lowest BCUT2D eigenvalue weighted by Crippen LogP contribution is -2.27. The van der Waals surface area contributed by atoms with Crippen LogP contribution in [0.25, 0.3) is 11.4 Å². The van der Waals surface area contributed by atoms with Crippen LogP contribution >= 0.6 is 11.6 Å². The summed E-state index contributed by atoms with van der Waals surface area (Å²) in [5, 5.41) is 4.54. The number of nitrogens with zero attached hydrogens (tertiary/aromatic N) is 3. The van der Waals surface area contributed by atoms with Crippen LogP contribution in [-0.4, -0.2) is 37.0 Å². The number of benzene rings is 2. The van der Waals surface area contributed by atoms with Gasteiger partial charge in [0.2, 0.25) is 21.7 Å². The Morgan fingerprint density at radius 3 is 2.47 bits per heavy atom. The van der Waals surface area contributed by atoms with E-state index in [2.05, 4.69) is 10.1 Å². The Labute approximate surface area is 180 Å². The summed E-state index contributed by atoms with van der Waals surface area (Å²) in [6.07, 6.45) is 3.98. The molecule has 0 aliphatic heterocycles. The molecule has 1 aliphatic rings. The summed E-state index contributed by atoms with van der Waals surface area (Å²) in [5.41, 5.74) is 2.96. The van der Waals surface area contributed by atoms with Gasteiger partial charge in [0.15, 0.2) is 0 Å². The molecule has 1 aromatic heterocycles. The Kier molecular flexibility index (Phi) is 5.81. The summed E-state index contributed by atoms with van der Waals surface area (Å²) >= 11 is 5.90. The number of hydrogen-bond donors (Lipinski definition) is 0. The quantitative estimate of drug-likeness (QED) is 0.565. The first-order valence-electron chi connectivity index (χ1n) is 9.63. The number of methoxy groups -OCH3 is 1. The molecule has 3 aromatic rings. The third-order valence-electron chi connectivity index (χ3n) is 5.24. The molecule has 9 heteroatoms. The molecule has 2 aromatic carbocycles. The van der Waals surface area contributed by atoms with Gasteiger partial charge in [0.05, 0.1) is 13.7 Å². The fourth-order valence-corrected chi connectivity index (χ4v) is 5.01. The average molecular weight is 448 g/mol. The fourth-order valence-electron chi connectivity index (χ4n) is 3.58. The predicted octanol–water partition coefficient (Wildman–Crippen LogP) is 4.10. The molecule has 0 unspecified atom stereocenters. The lowest BCUT2D eigenvalue weighted by molar-refractivity contribution is 0.335. The highest BCUT2D eigenvalue weighted by molar-refractivity contribution is 7.89. The van der Waals surface area contributed by atoms with Crippen molar-refractivity contribution in [1.29, 1.82) is 0 Å². The van der Waals surface area contributed by atoms with E-state index >= 15 is 0 Å². The zero-order valence-electron chi connectivity index (χ0n) is 16.8. The van der Waals surface area contributed by atoms with Gasteiger partial charge in [-0.25, -0.2) is 8.42 Å². The molecule has 0 spiro atoms. The summed E-state index contributed by atoms with van der Waals surface area (Å²) in [6, 6.07) is 10.6. The summed E-state index contributed by atoms with van der Waals surface area (Å²) in [6.45, 7) is -0.0524. The third kappa shape index (κ3) is 4.08. The molecule has 30 heavy (non-hydrogen) atoms.